The van der Waals surface area contributed by atoms with Gasteiger partial charge in [-0.05, 0) is 26.2 Å². The van der Waals surface area contributed by atoms with Crippen LogP contribution in [0.25, 0.3) is 0 Å². The van der Waals surface area contributed by atoms with Crippen LogP contribution in [0, 0.1) is 0 Å². The second kappa shape index (κ2) is 5.03. The van der Waals surface area contributed by atoms with Crippen molar-refractivity contribution in [3.63, 3.8) is 0 Å². The first kappa shape index (κ1) is 13.6. The smallest absolute Gasteiger partial charge is 0.329 e. The number of aryl methyl sites for hydroxylation is 1. The first-order valence-corrected chi connectivity index (χ1v) is 6.63. The van der Waals surface area contributed by atoms with E-state index in [0.717, 1.165) is 6.42 Å². The Morgan fingerprint density at radius 2 is 2.26 bits per heavy atom. The number of carboxylic acid groups (broad SMARTS) is 1. The predicted molar refractivity (Wildman–Crippen MR) is 71.4 cm³/mol. The van der Waals surface area contributed by atoms with Gasteiger partial charge in [-0.1, -0.05) is 6.92 Å². The number of hydrogen-bond donors (Lipinski definition) is 1. The zero-order valence-corrected chi connectivity index (χ0v) is 11.3. The quantitative estimate of drug-likeness (QED) is 0.882. The number of hydrogen-bond acceptors (Lipinski definition) is 4. The average Bonchev–Trinajstić information content (AvgIpc) is 2.84. The summed E-state index contributed by atoms with van der Waals surface area (Å²) >= 11 is 0. The van der Waals surface area contributed by atoms with E-state index in [2.05, 4.69) is 4.98 Å². The summed E-state index contributed by atoms with van der Waals surface area (Å²) in [6.07, 6.45) is 4.96. The van der Waals surface area contributed by atoms with Gasteiger partial charge in [0.2, 0.25) is 0 Å². The summed E-state index contributed by atoms with van der Waals surface area (Å²) < 4.78 is 1.54. The van der Waals surface area contributed by atoms with E-state index in [9.17, 15) is 14.7 Å². The average molecular weight is 265 g/mol. The van der Waals surface area contributed by atoms with E-state index in [1.54, 1.807) is 21.9 Å². The Morgan fingerprint density at radius 1 is 1.53 bits per heavy atom. The third kappa shape index (κ3) is 2.01. The minimum atomic E-state index is -0.987. The van der Waals surface area contributed by atoms with Gasteiger partial charge in [-0.25, -0.2) is 9.78 Å². The molecule has 6 heteroatoms. The van der Waals surface area contributed by atoms with Crippen LogP contribution in [-0.2, 0) is 11.3 Å². The predicted octanol–water partition coefficient (Wildman–Crippen LogP) is 1.10. The maximum atomic E-state index is 12.3. The number of aromatic nitrogens is 2. The molecule has 19 heavy (non-hydrogen) atoms. The molecule has 0 spiro atoms. The summed E-state index contributed by atoms with van der Waals surface area (Å²) in [7, 11) is 0. The van der Waals surface area contributed by atoms with Crippen LogP contribution in [0.4, 0.5) is 5.82 Å². The summed E-state index contributed by atoms with van der Waals surface area (Å²) in [5.41, 5.74) is -1.20. The lowest BCUT2D eigenvalue weighted by atomic mass is 9.93. The molecule has 1 saturated heterocycles. The Labute approximate surface area is 111 Å². The highest BCUT2D eigenvalue weighted by Gasteiger charge is 2.47. The second-order valence-corrected chi connectivity index (χ2v) is 4.79. The third-order valence-electron chi connectivity index (χ3n) is 3.96. The molecule has 0 aromatic carbocycles. The third-order valence-corrected chi connectivity index (χ3v) is 3.96. The van der Waals surface area contributed by atoms with Gasteiger partial charge in [-0.15, -0.1) is 0 Å². The molecule has 0 aliphatic carbocycles. The van der Waals surface area contributed by atoms with E-state index in [4.69, 9.17) is 0 Å². The molecule has 0 radical (unpaired) electrons. The van der Waals surface area contributed by atoms with Gasteiger partial charge in [0, 0.05) is 25.5 Å². The lowest BCUT2D eigenvalue weighted by Gasteiger charge is -2.34. The minimum Gasteiger partial charge on any atom is -0.479 e. The van der Waals surface area contributed by atoms with E-state index < -0.39 is 11.5 Å². The van der Waals surface area contributed by atoms with Gasteiger partial charge in [0.15, 0.2) is 5.82 Å². The molecule has 2 rings (SSSR count). The van der Waals surface area contributed by atoms with E-state index in [1.807, 2.05) is 13.8 Å². The molecule has 1 unspecified atom stereocenters. The number of carboxylic acids is 1. The summed E-state index contributed by atoms with van der Waals surface area (Å²) in [5.74, 6) is -0.619. The van der Waals surface area contributed by atoms with Gasteiger partial charge in [-0.2, -0.15) is 0 Å². The molecule has 0 bridgehead atoms. The molecule has 0 amide bonds. The summed E-state index contributed by atoms with van der Waals surface area (Å²) in [6.45, 7) is 4.83. The lowest BCUT2D eigenvalue weighted by Crippen LogP contribution is -2.52. The van der Waals surface area contributed by atoms with Gasteiger partial charge in [0.05, 0.1) is 0 Å². The normalized spacial score (nSPS) is 22.7. The van der Waals surface area contributed by atoms with Crippen molar-refractivity contribution in [2.24, 2.45) is 0 Å². The molecule has 1 aliphatic rings. The van der Waals surface area contributed by atoms with Crippen LogP contribution in [0.2, 0.25) is 0 Å². The highest BCUT2D eigenvalue weighted by atomic mass is 16.4. The molecule has 1 aromatic rings. The molecule has 6 nitrogen and oxygen atoms in total. The van der Waals surface area contributed by atoms with Gasteiger partial charge in [0.25, 0.3) is 5.56 Å². The van der Waals surface area contributed by atoms with Crippen LogP contribution in [0.15, 0.2) is 17.2 Å². The number of rotatable bonds is 4. The van der Waals surface area contributed by atoms with Crippen molar-refractivity contribution >= 4 is 11.8 Å². The fraction of sp³-hybridized carbons (Fsp3) is 0.615. The molecule has 0 saturated carbocycles. The largest absolute Gasteiger partial charge is 0.479 e. The van der Waals surface area contributed by atoms with E-state index >= 15 is 0 Å². The van der Waals surface area contributed by atoms with Crippen LogP contribution < -0.4 is 10.5 Å². The number of carbonyl (C=O) groups is 1. The molecule has 1 aromatic heterocycles. The van der Waals surface area contributed by atoms with Gasteiger partial charge >= 0.3 is 5.97 Å². The maximum absolute atomic E-state index is 12.3. The van der Waals surface area contributed by atoms with Gasteiger partial charge in [0.1, 0.15) is 5.54 Å². The van der Waals surface area contributed by atoms with Crippen LogP contribution in [0.5, 0.6) is 0 Å². The topological polar surface area (TPSA) is 75.4 Å². The standard InChI is InChI=1S/C13H19N3O3/c1-3-13(12(18)19)6-5-8-16(13)10-11(17)15(4-2)9-7-14-10/h7,9H,3-6,8H2,1-2H3,(H,18,19). The van der Waals surface area contributed by atoms with E-state index in [1.165, 1.54) is 0 Å². The van der Waals surface area contributed by atoms with E-state index in [-0.39, 0.29) is 11.4 Å². The Hall–Kier alpha value is -1.85. The molecule has 1 fully saturated rings. The number of aliphatic carboxylic acids is 1. The van der Waals surface area contributed by atoms with Crippen molar-refractivity contribution in [1.29, 1.82) is 0 Å². The Morgan fingerprint density at radius 3 is 2.84 bits per heavy atom. The Kier molecular flexibility index (Phi) is 3.59. The first-order valence-electron chi connectivity index (χ1n) is 6.63. The van der Waals surface area contributed by atoms with Crippen molar-refractivity contribution in [2.75, 3.05) is 11.4 Å². The molecule has 104 valence electrons. The SMILES string of the molecule is CCn1ccnc(N2CCCC2(CC)C(=O)O)c1=O. The number of anilines is 1. The van der Waals surface area contributed by atoms with Crippen molar-refractivity contribution < 1.29 is 9.90 Å². The molecular weight excluding hydrogens is 246 g/mol. The highest BCUT2D eigenvalue weighted by molar-refractivity contribution is 5.83. The fourth-order valence-corrected chi connectivity index (χ4v) is 2.80. The Bertz CT molecular complexity index is 540. The molecule has 1 aliphatic heterocycles. The fourth-order valence-electron chi connectivity index (χ4n) is 2.80. The zero-order valence-electron chi connectivity index (χ0n) is 11.3. The van der Waals surface area contributed by atoms with Crippen molar-refractivity contribution in [3.8, 4) is 0 Å². The molecule has 2 heterocycles. The van der Waals surface area contributed by atoms with Crippen LogP contribution >= 0.6 is 0 Å². The van der Waals surface area contributed by atoms with Crippen LogP contribution in [0.3, 0.4) is 0 Å². The first-order chi connectivity index (χ1) is 9.06. The van der Waals surface area contributed by atoms with Crippen LogP contribution in [-0.4, -0.2) is 32.7 Å². The second-order valence-electron chi connectivity index (χ2n) is 4.79. The monoisotopic (exact) mass is 265 g/mol. The molecule has 1 atom stereocenters. The number of nitrogens with zero attached hydrogens (tertiary/aromatic N) is 3. The molecule has 1 N–H and O–H groups in total. The highest BCUT2D eigenvalue weighted by Crippen LogP contribution is 2.34. The van der Waals surface area contributed by atoms with Crippen LogP contribution in [0.1, 0.15) is 33.1 Å². The summed E-state index contributed by atoms with van der Waals surface area (Å²) in [4.78, 5) is 29.7. The molecular formula is C13H19N3O3. The summed E-state index contributed by atoms with van der Waals surface area (Å²) in [6, 6.07) is 0. The lowest BCUT2D eigenvalue weighted by molar-refractivity contribution is -0.143. The minimum absolute atomic E-state index is 0.217. The van der Waals surface area contributed by atoms with E-state index in [0.29, 0.717) is 25.9 Å². The van der Waals surface area contributed by atoms with Crippen molar-refractivity contribution in [1.82, 2.24) is 9.55 Å². The van der Waals surface area contributed by atoms with Crippen molar-refractivity contribution in [3.05, 3.63) is 22.7 Å². The van der Waals surface area contributed by atoms with Crippen molar-refractivity contribution in [2.45, 2.75) is 45.2 Å². The zero-order chi connectivity index (χ0) is 14.0. The van der Waals surface area contributed by atoms with Gasteiger partial charge in [-0.3, -0.25) is 4.79 Å². The maximum Gasteiger partial charge on any atom is 0.329 e. The van der Waals surface area contributed by atoms with Gasteiger partial charge < -0.3 is 14.6 Å². The summed E-state index contributed by atoms with van der Waals surface area (Å²) in [5, 5.41) is 9.53. The Balaban J connectivity index is 2.52.